The summed E-state index contributed by atoms with van der Waals surface area (Å²) in [6.07, 6.45) is 0. The van der Waals surface area contributed by atoms with Gasteiger partial charge in [-0.2, -0.15) is 5.10 Å². The molecule has 0 aliphatic carbocycles. The molecule has 86 valence electrons. The van der Waals surface area contributed by atoms with Gasteiger partial charge in [0.2, 0.25) is 0 Å². The molecule has 0 saturated heterocycles. The van der Waals surface area contributed by atoms with Crippen molar-refractivity contribution in [1.29, 1.82) is 0 Å². The average molecular weight is 243 g/mol. The lowest BCUT2D eigenvalue weighted by Crippen LogP contribution is -2.15. The van der Waals surface area contributed by atoms with E-state index < -0.39 is 5.97 Å². The molecule has 0 aliphatic rings. The molecule has 0 saturated carbocycles. The quantitative estimate of drug-likeness (QED) is 0.492. The first-order valence-electron chi connectivity index (χ1n) is 4.60. The third kappa shape index (κ3) is 3.82. The summed E-state index contributed by atoms with van der Waals surface area (Å²) in [6, 6.07) is 3.16. The number of aromatic nitrogens is 2. The molecule has 1 aromatic rings. The molecule has 6 nitrogen and oxygen atoms in total. The van der Waals surface area contributed by atoms with Crippen molar-refractivity contribution >= 4 is 29.1 Å². The Morgan fingerprint density at radius 2 is 2.31 bits per heavy atom. The van der Waals surface area contributed by atoms with E-state index in [4.69, 9.17) is 16.3 Å². The van der Waals surface area contributed by atoms with Crippen LogP contribution < -0.4 is 5.43 Å². The lowest BCUT2D eigenvalue weighted by atomic mass is 10.4. The summed E-state index contributed by atoms with van der Waals surface area (Å²) in [4.78, 5) is 11.2. The molecule has 0 aromatic carbocycles. The van der Waals surface area contributed by atoms with Gasteiger partial charge >= 0.3 is 5.97 Å². The highest BCUT2D eigenvalue weighted by Gasteiger charge is 2.05. The molecular weight excluding hydrogens is 232 g/mol. The van der Waals surface area contributed by atoms with Crippen molar-refractivity contribution in [3.8, 4) is 0 Å². The van der Waals surface area contributed by atoms with Gasteiger partial charge in [-0.15, -0.1) is 10.2 Å². The van der Waals surface area contributed by atoms with Crippen molar-refractivity contribution in [2.24, 2.45) is 5.10 Å². The summed E-state index contributed by atoms with van der Waals surface area (Å²) in [5, 5.41) is 11.4. The Labute approximate surface area is 97.7 Å². The molecule has 16 heavy (non-hydrogen) atoms. The summed E-state index contributed by atoms with van der Waals surface area (Å²) in [5.74, 6) is -0.0787. The fraction of sp³-hybridized carbons (Fsp3) is 0.333. The smallest absolute Gasteiger partial charge is 0.354 e. The average Bonchev–Trinajstić information content (AvgIpc) is 2.28. The zero-order valence-electron chi connectivity index (χ0n) is 8.90. The van der Waals surface area contributed by atoms with E-state index in [1.165, 1.54) is 6.92 Å². The number of hydrogen-bond acceptors (Lipinski definition) is 6. The summed E-state index contributed by atoms with van der Waals surface area (Å²) < 4.78 is 4.74. The first-order valence-corrected chi connectivity index (χ1v) is 4.98. The van der Waals surface area contributed by atoms with Crippen molar-refractivity contribution in [1.82, 2.24) is 10.2 Å². The number of carbonyl (C=O) groups excluding carboxylic acids is 1. The maximum Gasteiger partial charge on any atom is 0.354 e. The maximum absolute atomic E-state index is 11.2. The first kappa shape index (κ1) is 12.4. The molecule has 0 spiro atoms. The van der Waals surface area contributed by atoms with E-state index in [1.807, 2.05) is 0 Å². The number of rotatable bonds is 4. The fourth-order valence-electron chi connectivity index (χ4n) is 0.798. The zero-order chi connectivity index (χ0) is 12.0. The molecule has 0 atom stereocenters. The molecule has 0 fully saturated rings. The van der Waals surface area contributed by atoms with Gasteiger partial charge in [0, 0.05) is 0 Å². The van der Waals surface area contributed by atoms with Gasteiger partial charge in [-0.25, -0.2) is 4.79 Å². The fourth-order valence-corrected chi connectivity index (χ4v) is 0.899. The van der Waals surface area contributed by atoms with Crippen LogP contribution in [0.2, 0.25) is 5.15 Å². The number of carbonyl (C=O) groups is 1. The number of anilines is 1. The molecule has 7 heteroatoms. The van der Waals surface area contributed by atoms with Crippen LogP contribution in [-0.4, -0.2) is 28.5 Å². The van der Waals surface area contributed by atoms with Gasteiger partial charge < -0.3 is 4.74 Å². The van der Waals surface area contributed by atoms with Crippen molar-refractivity contribution in [2.45, 2.75) is 13.8 Å². The summed E-state index contributed by atoms with van der Waals surface area (Å²) in [5.41, 5.74) is 2.77. The van der Waals surface area contributed by atoms with Crippen LogP contribution in [0, 0.1) is 0 Å². The van der Waals surface area contributed by atoms with Crippen LogP contribution in [0.1, 0.15) is 13.8 Å². The Hall–Kier alpha value is -1.69. The third-order valence-corrected chi connectivity index (χ3v) is 1.74. The number of hydrogen-bond donors (Lipinski definition) is 1. The predicted octanol–water partition coefficient (Wildman–Crippen LogP) is 1.48. The van der Waals surface area contributed by atoms with E-state index in [2.05, 4.69) is 20.7 Å². The minimum Gasteiger partial charge on any atom is -0.461 e. The number of nitrogens with one attached hydrogen (secondary N) is 1. The number of ether oxygens (including phenoxy) is 1. The molecule has 0 unspecified atom stereocenters. The largest absolute Gasteiger partial charge is 0.461 e. The zero-order valence-corrected chi connectivity index (χ0v) is 9.65. The molecule has 0 aliphatic heterocycles. The van der Waals surface area contributed by atoms with E-state index in [9.17, 15) is 4.79 Å². The lowest BCUT2D eigenvalue weighted by molar-refractivity contribution is -0.135. The van der Waals surface area contributed by atoms with Crippen molar-refractivity contribution in [2.75, 3.05) is 12.0 Å². The van der Waals surface area contributed by atoms with Crippen LogP contribution in [0.25, 0.3) is 0 Å². The third-order valence-electron chi connectivity index (χ3n) is 1.54. The van der Waals surface area contributed by atoms with Crippen molar-refractivity contribution in [3.05, 3.63) is 17.3 Å². The van der Waals surface area contributed by atoms with Gasteiger partial charge in [0.05, 0.1) is 6.61 Å². The van der Waals surface area contributed by atoms with E-state index >= 15 is 0 Å². The van der Waals surface area contributed by atoms with Crippen molar-refractivity contribution < 1.29 is 9.53 Å². The van der Waals surface area contributed by atoms with Gasteiger partial charge in [0.15, 0.2) is 11.0 Å². The summed E-state index contributed by atoms with van der Waals surface area (Å²) in [7, 11) is 0. The number of hydrazone groups is 1. The minimum absolute atomic E-state index is 0.207. The lowest BCUT2D eigenvalue weighted by Gasteiger charge is -2.01. The topological polar surface area (TPSA) is 76.5 Å². The highest BCUT2D eigenvalue weighted by atomic mass is 35.5. The molecule has 0 bridgehead atoms. The van der Waals surface area contributed by atoms with E-state index in [0.717, 1.165) is 0 Å². The SMILES string of the molecule is CCOC(=O)/C(C)=N/Nc1ccc(Cl)nn1. The Morgan fingerprint density at radius 1 is 1.56 bits per heavy atom. The van der Waals surface area contributed by atoms with Crippen molar-refractivity contribution in [3.63, 3.8) is 0 Å². The molecule has 0 radical (unpaired) electrons. The normalized spacial score (nSPS) is 11.1. The number of nitrogens with zero attached hydrogens (tertiary/aromatic N) is 3. The van der Waals surface area contributed by atoms with E-state index in [0.29, 0.717) is 12.4 Å². The molecule has 1 rings (SSSR count). The van der Waals surface area contributed by atoms with Crippen LogP contribution in [0.15, 0.2) is 17.2 Å². The predicted molar refractivity (Wildman–Crippen MR) is 60.4 cm³/mol. The highest BCUT2D eigenvalue weighted by molar-refractivity contribution is 6.35. The maximum atomic E-state index is 11.2. The monoisotopic (exact) mass is 242 g/mol. The van der Waals surface area contributed by atoms with Gasteiger partial charge in [-0.3, -0.25) is 5.43 Å². The van der Waals surface area contributed by atoms with Crippen LogP contribution in [0.4, 0.5) is 5.82 Å². The van der Waals surface area contributed by atoms with Gasteiger partial charge in [0.1, 0.15) is 5.71 Å². The Balaban J connectivity index is 2.58. The second-order valence-electron chi connectivity index (χ2n) is 2.77. The second-order valence-corrected chi connectivity index (χ2v) is 3.16. The molecule has 0 amide bonds. The number of halogens is 1. The molecule has 1 heterocycles. The number of esters is 1. The Bertz CT molecular complexity index is 391. The van der Waals surface area contributed by atoms with Gasteiger partial charge in [-0.1, -0.05) is 11.6 Å². The van der Waals surface area contributed by atoms with Gasteiger partial charge in [-0.05, 0) is 26.0 Å². The molecule has 1 N–H and O–H groups in total. The summed E-state index contributed by atoms with van der Waals surface area (Å²) >= 11 is 5.55. The van der Waals surface area contributed by atoms with E-state index in [1.54, 1.807) is 19.1 Å². The highest BCUT2D eigenvalue weighted by Crippen LogP contribution is 2.05. The second kappa shape index (κ2) is 6.02. The van der Waals surface area contributed by atoms with Crippen LogP contribution in [-0.2, 0) is 9.53 Å². The van der Waals surface area contributed by atoms with Crippen LogP contribution in [0.3, 0.4) is 0 Å². The summed E-state index contributed by atoms with van der Waals surface area (Å²) in [6.45, 7) is 3.57. The molecule has 1 aromatic heterocycles. The molecular formula is C9H11ClN4O2. The minimum atomic E-state index is -0.475. The Kier molecular flexibility index (Phi) is 4.65. The van der Waals surface area contributed by atoms with Gasteiger partial charge in [0.25, 0.3) is 0 Å². The standard InChI is InChI=1S/C9H11ClN4O2/c1-3-16-9(15)6(2)11-13-8-5-4-7(10)12-14-8/h4-5H,3H2,1-2H3,(H,13,14)/b11-6+. The van der Waals surface area contributed by atoms with Crippen LogP contribution in [0.5, 0.6) is 0 Å². The van der Waals surface area contributed by atoms with E-state index in [-0.39, 0.29) is 10.9 Å². The van der Waals surface area contributed by atoms with Crippen LogP contribution >= 0.6 is 11.6 Å². The Morgan fingerprint density at radius 3 is 2.88 bits per heavy atom. The first-order chi connectivity index (χ1) is 7.63.